The van der Waals surface area contributed by atoms with Crippen molar-refractivity contribution in [1.82, 2.24) is 14.5 Å². The van der Waals surface area contributed by atoms with Gasteiger partial charge in [-0.15, -0.1) is 0 Å². The fraction of sp³-hybridized carbons (Fsp3) is 0.308. The van der Waals surface area contributed by atoms with Crippen LogP contribution < -0.4 is 16.0 Å². The number of rotatable bonds is 8. The molecule has 2 N–H and O–H groups in total. The minimum atomic E-state index is -0.855. The molecule has 3 aromatic heterocycles. The molecule has 3 aromatic rings. The number of ether oxygens (including phenoxy) is 1. The summed E-state index contributed by atoms with van der Waals surface area (Å²) in [6, 6.07) is 3.94. The normalized spacial score (nSPS) is 12.4. The van der Waals surface area contributed by atoms with Gasteiger partial charge in [0.1, 0.15) is 28.9 Å². The standard InChI is InChI=1S/C26H28ClF2N5O2/c1-6-26(4,5)22(30)7-8-31-23-11-20(15(2)12-33-23)34-16(3)9-21(24(27)25(34)35)36-14-19-18(29)10-17(28)13-32-19/h7-13H,6,14,30H2,1-5H3. The van der Waals surface area contributed by atoms with Gasteiger partial charge in [-0.25, -0.2) is 18.8 Å². The topological polar surface area (TPSA) is 95.4 Å². The summed E-state index contributed by atoms with van der Waals surface area (Å²) in [6.45, 7) is 9.35. The molecule has 0 spiro atoms. The molecule has 0 bridgehead atoms. The van der Waals surface area contributed by atoms with Crippen LogP contribution in [-0.4, -0.2) is 20.7 Å². The van der Waals surface area contributed by atoms with Gasteiger partial charge in [0.25, 0.3) is 5.56 Å². The highest BCUT2D eigenvalue weighted by atomic mass is 35.5. The van der Waals surface area contributed by atoms with Crippen LogP contribution in [0.25, 0.3) is 5.69 Å². The van der Waals surface area contributed by atoms with Gasteiger partial charge in [0.15, 0.2) is 11.6 Å². The van der Waals surface area contributed by atoms with Crippen molar-refractivity contribution in [1.29, 1.82) is 0 Å². The van der Waals surface area contributed by atoms with E-state index in [-0.39, 0.29) is 28.5 Å². The van der Waals surface area contributed by atoms with Crippen LogP contribution in [0.4, 0.5) is 14.6 Å². The van der Waals surface area contributed by atoms with Crippen LogP contribution in [0.2, 0.25) is 5.02 Å². The molecule has 36 heavy (non-hydrogen) atoms. The van der Waals surface area contributed by atoms with Crippen molar-refractivity contribution in [2.75, 3.05) is 0 Å². The molecule has 0 unspecified atom stereocenters. The van der Waals surface area contributed by atoms with Crippen molar-refractivity contribution in [3.8, 4) is 11.4 Å². The molecule has 10 heteroatoms. The molecule has 0 aromatic carbocycles. The summed E-state index contributed by atoms with van der Waals surface area (Å²) in [6.07, 6.45) is 6.69. The maximum absolute atomic E-state index is 13.9. The number of aromatic nitrogens is 3. The zero-order valence-corrected chi connectivity index (χ0v) is 21.5. The lowest BCUT2D eigenvalue weighted by molar-refractivity contribution is 0.292. The van der Waals surface area contributed by atoms with Crippen LogP contribution in [0.3, 0.4) is 0 Å². The zero-order chi connectivity index (χ0) is 26.6. The van der Waals surface area contributed by atoms with Crippen LogP contribution in [0, 0.1) is 30.9 Å². The van der Waals surface area contributed by atoms with Gasteiger partial charge in [0.2, 0.25) is 0 Å². The third kappa shape index (κ3) is 5.96. The molecule has 0 aliphatic heterocycles. The monoisotopic (exact) mass is 515 g/mol. The highest BCUT2D eigenvalue weighted by Crippen LogP contribution is 2.27. The van der Waals surface area contributed by atoms with Gasteiger partial charge in [-0.05, 0) is 31.9 Å². The maximum Gasteiger partial charge on any atom is 0.277 e. The number of pyridine rings is 3. The molecule has 0 saturated heterocycles. The van der Waals surface area contributed by atoms with Crippen molar-refractivity contribution in [3.05, 3.63) is 86.3 Å². The summed E-state index contributed by atoms with van der Waals surface area (Å²) in [4.78, 5) is 25.5. The van der Waals surface area contributed by atoms with E-state index >= 15 is 0 Å². The van der Waals surface area contributed by atoms with E-state index in [1.165, 1.54) is 4.57 Å². The minimum Gasteiger partial charge on any atom is -0.485 e. The van der Waals surface area contributed by atoms with Gasteiger partial charge in [-0.1, -0.05) is 32.4 Å². The van der Waals surface area contributed by atoms with Gasteiger partial charge in [-0.2, -0.15) is 0 Å². The van der Waals surface area contributed by atoms with Crippen LogP contribution >= 0.6 is 11.6 Å². The van der Waals surface area contributed by atoms with Gasteiger partial charge >= 0.3 is 0 Å². The van der Waals surface area contributed by atoms with Crippen molar-refractivity contribution in [2.24, 2.45) is 16.1 Å². The van der Waals surface area contributed by atoms with E-state index in [0.29, 0.717) is 29.0 Å². The van der Waals surface area contributed by atoms with E-state index in [1.807, 2.05) is 20.8 Å². The SMILES string of the molecule is CCC(C)(C)C(N)=CC=Nc1cc(-n2c(C)cc(OCc3ncc(F)cc3F)c(Cl)c2=O)c(C)cn1. The quantitative estimate of drug-likeness (QED) is 0.386. The Hall–Kier alpha value is -3.59. The predicted molar refractivity (Wildman–Crippen MR) is 137 cm³/mol. The summed E-state index contributed by atoms with van der Waals surface area (Å²) in [7, 11) is 0. The lowest BCUT2D eigenvalue weighted by Gasteiger charge is -2.22. The van der Waals surface area contributed by atoms with Gasteiger partial charge in [0, 0.05) is 47.4 Å². The van der Waals surface area contributed by atoms with Crippen molar-refractivity contribution in [2.45, 2.75) is 47.6 Å². The van der Waals surface area contributed by atoms with Gasteiger partial charge < -0.3 is 10.5 Å². The first-order chi connectivity index (χ1) is 16.9. The summed E-state index contributed by atoms with van der Waals surface area (Å²) >= 11 is 6.32. The Morgan fingerprint density at radius 2 is 1.94 bits per heavy atom. The molecule has 7 nitrogen and oxygen atoms in total. The molecule has 190 valence electrons. The molecule has 0 aliphatic carbocycles. The third-order valence-corrected chi connectivity index (χ3v) is 6.32. The van der Waals surface area contributed by atoms with E-state index < -0.39 is 17.2 Å². The number of hydrogen-bond donors (Lipinski definition) is 1. The molecule has 0 aliphatic rings. The third-order valence-electron chi connectivity index (χ3n) is 5.98. The predicted octanol–water partition coefficient (Wildman–Crippen LogP) is 5.74. The summed E-state index contributed by atoms with van der Waals surface area (Å²) in [5.41, 5.74) is 7.85. The molecule has 0 amide bonds. The average molecular weight is 516 g/mol. The highest BCUT2D eigenvalue weighted by Gasteiger charge is 2.18. The van der Waals surface area contributed by atoms with E-state index in [2.05, 4.69) is 21.9 Å². The molecule has 0 fully saturated rings. The van der Waals surface area contributed by atoms with E-state index in [1.54, 1.807) is 37.5 Å². The molecule has 0 radical (unpaired) electrons. The fourth-order valence-electron chi connectivity index (χ4n) is 3.22. The Balaban J connectivity index is 1.92. The molecule has 0 saturated carbocycles. The molecular formula is C26H28ClF2N5O2. The summed E-state index contributed by atoms with van der Waals surface area (Å²) < 4.78 is 33.9. The maximum atomic E-state index is 13.9. The van der Waals surface area contributed by atoms with Crippen LogP contribution in [0.5, 0.6) is 5.75 Å². The second-order valence-corrected chi connectivity index (χ2v) is 9.32. The van der Waals surface area contributed by atoms with E-state index in [0.717, 1.165) is 18.2 Å². The lowest BCUT2D eigenvalue weighted by atomic mass is 9.86. The largest absolute Gasteiger partial charge is 0.485 e. The van der Waals surface area contributed by atoms with Crippen LogP contribution in [-0.2, 0) is 6.61 Å². The van der Waals surface area contributed by atoms with Crippen molar-refractivity contribution >= 4 is 23.6 Å². The molecule has 3 heterocycles. The minimum absolute atomic E-state index is 0.0602. The molecule has 3 rings (SSSR count). The summed E-state index contributed by atoms with van der Waals surface area (Å²) in [5.74, 6) is -1.21. The van der Waals surface area contributed by atoms with Crippen molar-refractivity contribution < 1.29 is 13.5 Å². The molecular weight excluding hydrogens is 488 g/mol. The van der Waals surface area contributed by atoms with Gasteiger partial charge in [-0.3, -0.25) is 14.3 Å². The number of hydrogen-bond acceptors (Lipinski definition) is 6. The Morgan fingerprint density at radius 3 is 2.61 bits per heavy atom. The fourth-order valence-corrected chi connectivity index (χ4v) is 3.41. The molecule has 0 atom stereocenters. The van der Waals surface area contributed by atoms with E-state index in [9.17, 15) is 13.6 Å². The number of halogens is 3. The highest BCUT2D eigenvalue weighted by molar-refractivity contribution is 6.31. The Bertz CT molecular complexity index is 1400. The Kier molecular flexibility index (Phi) is 8.24. The number of nitrogens with two attached hydrogens (primary N) is 1. The zero-order valence-electron chi connectivity index (χ0n) is 20.8. The lowest BCUT2D eigenvalue weighted by Crippen LogP contribution is -2.22. The van der Waals surface area contributed by atoms with Crippen molar-refractivity contribution in [3.63, 3.8) is 0 Å². The summed E-state index contributed by atoms with van der Waals surface area (Å²) in [5, 5.41) is -0.193. The second-order valence-electron chi connectivity index (χ2n) is 8.94. The van der Waals surface area contributed by atoms with Crippen LogP contribution in [0.1, 0.15) is 44.1 Å². The van der Waals surface area contributed by atoms with E-state index in [4.69, 9.17) is 22.1 Å². The second kappa shape index (κ2) is 11.0. The number of aliphatic imine (C=N–C) groups is 1. The number of allylic oxidation sites excluding steroid dienone is 2. The first-order valence-electron chi connectivity index (χ1n) is 11.3. The Labute approximate surface area is 213 Å². The Morgan fingerprint density at radius 1 is 1.22 bits per heavy atom. The smallest absolute Gasteiger partial charge is 0.277 e. The first kappa shape index (κ1) is 27.0. The average Bonchev–Trinajstić information content (AvgIpc) is 2.83. The first-order valence-corrected chi connectivity index (χ1v) is 11.6. The van der Waals surface area contributed by atoms with Crippen LogP contribution in [0.15, 0.2) is 52.2 Å². The van der Waals surface area contributed by atoms with Gasteiger partial charge in [0.05, 0.1) is 11.9 Å². The number of aryl methyl sites for hydroxylation is 2. The number of nitrogens with zero attached hydrogens (tertiary/aromatic N) is 4.